The third-order valence-corrected chi connectivity index (χ3v) is 2.79. The number of rotatable bonds is 5. The van der Waals surface area contributed by atoms with Gasteiger partial charge in [0, 0.05) is 6.04 Å². The Bertz CT molecular complexity index is 482. The predicted molar refractivity (Wildman–Crippen MR) is 64.7 cm³/mol. The Labute approximate surface area is 105 Å². The molecular formula is C13H15FN2O2. The Kier molecular flexibility index (Phi) is 4.81. The van der Waals surface area contributed by atoms with E-state index in [1.807, 2.05) is 13.0 Å². The Morgan fingerprint density at radius 1 is 1.61 bits per heavy atom. The van der Waals surface area contributed by atoms with E-state index >= 15 is 0 Å². The lowest BCUT2D eigenvalue weighted by Crippen LogP contribution is -2.33. The Morgan fingerprint density at radius 3 is 2.89 bits per heavy atom. The fourth-order valence-corrected chi connectivity index (χ4v) is 1.49. The Hall–Kier alpha value is -1.93. The van der Waals surface area contributed by atoms with Crippen molar-refractivity contribution in [3.05, 3.63) is 29.6 Å². The van der Waals surface area contributed by atoms with Crippen LogP contribution in [-0.2, 0) is 0 Å². The number of hydrogen-bond donors (Lipinski definition) is 1. The maximum Gasteiger partial charge on any atom is 0.180 e. The number of aromatic hydroxyl groups is 1. The Morgan fingerprint density at radius 2 is 2.28 bits per heavy atom. The number of likely N-dealkylation sites (N-methyl/N-ethyl adjacent to an activating group) is 1. The minimum atomic E-state index is -0.566. The van der Waals surface area contributed by atoms with E-state index in [4.69, 9.17) is 5.26 Å². The number of phenols is 1. The van der Waals surface area contributed by atoms with Crippen LogP contribution in [0.2, 0.25) is 0 Å². The minimum Gasteiger partial charge on any atom is -0.507 e. The second-order valence-electron chi connectivity index (χ2n) is 4.21. The highest BCUT2D eigenvalue weighted by atomic mass is 19.1. The van der Waals surface area contributed by atoms with Gasteiger partial charge in [-0.1, -0.05) is 0 Å². The molecule has 1 unspecified atom stereocenters. The highest BCUT2D eigenvalue weighted by Gasteiger charge is 2.17. The van der Waals surface area contributed by atoms with Gasteiger partial charge in [-0.3, -0.25) is 9.69 Å². The molecule has 0 aliphatic heterocycles. The number of hydrogen-bond acceptors (Lipinski definition) is 4. The van der Waals surface area contributed by atoms with Crippen LogP contribution in [0.15, 0.2) is 18.2 Å². The van der Waals surface area contributed by atoms with Crippen molar-refractivity contribution in [2.24, 2.45) is 0 Å². The highest BCUT2D eigenvalue weighted by Crippen LogP contribution is 2.19. The van der Waals surface area contributed by atoms with Crippen LogP contribution in [-0.4, -0.2) is 35.4 Å². The summed E-state index contributed by atoms with van der Waals surface area (Å²) in [7, 11) is 1.70. The number of carbonyl (C=O) groups excluding carboxylic acids is 1. The van der Waals surface area contributed by atoms with E-state index in [-0.39, 0.29) is 29.7 Å². The van der Waals surface area contributed by atoms with Gasteiger partial charge < -0.3 is 5.11 Å². The summed E-state index contributed by atoms with van der Waals surface area (Å²) in [6.07, 6.45) is 0.304. The molecule has 1 aromatic carbocycles. The zero-order valence-corrected chi connectivity index (χ0v) is 10.4. The van der Waals surface area contributed by atoms with E-state index in [0.29, 0.717) is 6.42 Å². The molecule has 0 aliphatic carbocycles. The largest absolute Gasteiger partial charge is 0.507 e. The number of ketones is 1. The van der Waals surface area contributed by atoms with Gasteiger partial charge in [-0.25, -0.2) is 4.39 Å². The number of Topliss-reactive ketones (excluding diaryl/α,β-unsaturated/α-hetero) is 1. The molecule has 0 aromatic heterocycles. The molecule has 5 heteroatoms. The van der Waals surface area contributed by atoms with Crippen LogP contribution in [0.3, 0.4) is 0 Å². The molecule has 0 fully saturated rings. The van der Waals surface area contributed by atoms with Crippen LogP contribution in [0.5, 0.6) is 5.75 Å². The van der Waals surface area contributed by atoms with E-state index in [9.17, 15) is 14.3 Å². The molecule has 0 amide bonds. The lowest BCUT2D eigenvalue weighted by molar-refractivity contribution is 0.0922. The van der Waals surface area contributed by atoms with Gasteiger partial charge in [-0.2, -0.15) is 5.26 Å². The summed E-state index contributed by atoms with van der Waals surface area (Å²) in [5.41, 5.74) is -0.0361. The molecule has 96 valence electrons. The van der Waals surface area contributed by atoms with Crippen molar-refractivity contribution in [3.63, 3.8) is 0 Å². The smallest absolute Gasteiger partial charge is 0.180 e. The summed E-state index contributed by atoms with van der Waals surface area (Å²) < 4.78 is 13.0. The number of carbonyl (C=O) groups is 1. The van der Waals surface area contributed by atoms with Crippen molar-refractivity contribution in [2.75, 3.05) is 13.6 Å². The second-order valence-corrected chi connectivity index (χ2v) is 4.21. The SMILES string of the molecule is CC(CC#N)N(C)CC(=O)c1cc(F)ccc1O. The standard InChI is InChI=1S/C13H15FN2O2/c1-9(5-6-15)16(2)8-13(18)11-7-10(14)3-4-12(11)17/h3-4,7,9,17H,5,8H2,1-2H3. The molecule has 0 saturated heterocycles. The van der Waals surface area contributed by atoms with Gasteiger partial charge in [0.25, 0.3) is 0 Å². The van der Waals surface area contributed by atoms with E-state index in [1.54, 1.807) is 11.9 Å². The van der Waals surface area contributed by atoms with Crippen molar-refractivity contribution in [1.29, 1.82) is 5.26 Å². The molecule has 1 aromatic rings. The fraction of sp³-hybridized carbons (Fsp3) is 0.385. The van der Waals surface area contributed by atoms with Gasteiger partial charge >= 0.3 is 0 Å². The van der Waals surface area contributed by atoms with Gasteiger partial charge in [0.15, 0.2) is 5.78 Å². The zero-order chi connectivity index (χ0) is 13.7. The van der Waals surface area contributed by atoms with E-state index < -0.39 is 5.82 Å². The monoisotopic (exact) mass is 250 g/mol. The third-order valence-electron chi connectivity index (χ3n) is 2.79. The summed E-state index contributed by atoms with van der Waals surface area (Å²) in [5, 5.41) is 18.1. The average Bonchev–Trinajstić information content (AvgIpc) is 2.32. The summed E-state index contributed by atoms with van der Waals surface area (Å²) >= 11 is 0. The van der Waals surface area contributed by atoms with Crippen LogP contribution < -0.4 is 0 Å². The normalized spacial score (nSPS) is 12.2. The lowest BCUT2D eigenvalue weighted by Gasteiger charge is -2.21. The average molecular weight is 250 g/mol. The third kappa shape index (κ3) is 3.54. The van der Waals surface area contributed by atoms with Gasteiger partial charge in [0.05, 0.1) is 24.6 Å². The van der Waals surface area contributed by atoms with Crippen LogP contribution in [0.4, 0.5) is 4.39 Å². The van der Waals surface area contributed by atoms with Gasteiger partial charge in [0.1, 0.15) is 11.6 Å². The van der Waals surface area contributed by atoms with Crippen molar-refractivity contribution in [3.8, 4) is 11.8 Å². The molecule has 0 spiro atoms. The Balaban J connectivity index is 2.77. The molecule has 1 atom stereocenters. The van der Waals surface area contributed by atoms with Gasteiger partial charge in [-0.15, -0.1) is 0 Å². The van der Waals surface area contributed by atoms with Crippen LogP contribution >= 0.6 is 0 Å². The first-order chi connectivity index (χ1) is 8.45. The van der Waals surface area contributed by atoms with E-state index in [0.717, 1.165) is 18.2 Å². The number of benzene rings is 1. The number of nitriles is 1. The molecule has 0 radical (unpaired) electrons. The summed E-state index contributed by atoms with van der Waals surface area (Å²) in [6.45, 7) is 1.85. The zero-order valence-electron chi connectivity index (χ0n) is 10.4. The summed E-state index contributed by atoms with van der Waals surface area (Å²) in [5.74, 6) is -1.18. The first-order valence-corrected chi connectivity index (χ1v) is 5.54. The topological polar surface area (TPSA) is 64.3 Å². The molecule has 1 N–H and O–H groups in total. The molecule has 0 bridgehead atoms. The quantitative estimate of drug-likeness (QED) is 0.811. The van der Waals surface area contributed by atoms with Crippen LogP contribution in [0.1, 0.15) is 23.7 Å². The maximum absolute atomic E-state index is 13.0. The first kappa shape index (κ1) is 14.1. The van der Waals surface area contributed by atoms with Crippen molar-refractivity contribution >= 4 is 5.78 Å². The molecule has 0 aliphatic rings. The summed E-state index contributed by atoms with van der Waals surface area (Å²) in [6, 6.07) is 5.20. The molecular weight excluding hydrogens is 235 g/mol. The van der Waals surface area contributed by atoms with Crippen LogP contribution in [0.25, 0.3) is 0 Å². The second kappa shape index (κ2) is 6.12. The molecule has 4 nitrogen and oxygen atoms in total. The van der Waals surface area contributed by atoms with E-state index in [1.165, 1.54) is 0 Å². The highest BCUT2D eigenvalue weighted by molar-refractivity contribution is 6.00. The van der Waals surface area contributed by atoms with Gasteiger partial charge in [-0.05, 0) is 32.2 Å². The summed E-state index contributed by atoms with van der Waals surface area (Å²) in [4.78, 5) is 13.6. The van der Waals surface area contributed by atoms with Gasteiger partial charge in [0.2, 0.25) is 0 Å². The number of halogens is 1. The maximum atomic E-state index is 13.0. The predicted octanol–water partition coefficient (Wildman–Crippen LogP) is 1.95. The first-order valence-electron chi connectivity index (χ1n) is 5.54. The van der Waals surface area contributed by atoms with Crippen molar-refractivity contribution in [2.45, 2.75) is 19.4 Å². The molecule has 1 rings (SSSR count). The van der Waals surface area contributed by atoms with Crippen LogP contribution in [0, 0.1) is 17.1 Å². The number of phenolic OH excluding ortho intramolecular Hbond substituents is 1. The number of nitrogens with zero attached hydrogens (tertiary/aromatic N) is 2. The van der Waals surface area contributed by atoms with E-state index in [2.05, 4.69) is 0 Å². The molecule has 0 heterocycles. The lowest BCUT2D eigenvalue weighted by atomic mass is 10.1. The molecule has 0 saturated carbocycles. The van der Waals surface area contributed by atoms with Crippen molar-refractivity contribution in [1.82, 2.24) is 4.90 Å². The molecule has 18 heavy (non-hydrogen) atoms. The van der Waals surface area contributed by atoms with Crippen molar-refractivity contribution < 1.29 is 14.3 Å². The fourth-order valence-electron chi connectivity index (χ4n) is 1.49. The minimum absolute atomic E-state index is 0.0276.